The van der Waals surface area contributed by atoms with Crippen LogP contribution in [0.2, 0.25) is 0 Å². The van der Waals surface area contributed by atoms with Gasteiger partial charge in [0.25, 0.3) is 0 Å². The molecule has 2 bridgehead atoms. The van der Waals surface area contributed by atoms with E-state index in [9.17, 15) is 39.3 Å². The first-order valence-corrected chi connectivity index (χ1v) is 18.9. The van der Waals surface area contributed by atoms with Gasteiger partial charge in [0, 0.05) is 24.2 Å². The quantitative estimate of drug-likeness (QED) is 0.168. The third kappa shape index (κ3) is 6.26. The summed E-state index contributed by atoms with van der Waals surface area (Å²) in [5.74, 6) is -6.06. The molecule has 310 valence electrons. The Hall–Kier alpha value is -4.64. The molecular formula is C41H51NO15. The number of amides is 1. The van der Waals surface area contributed by atoms with Crippen LogP contribution in [-0.2, 0) is 47.6 Å². The summed E-state index contributed by atoms with van der Waals surface area (Å²) in [6, 6.07) is 6.48. The number of aliphatic hydroxyl groups is 3. The fourth-order valence-corrected chi connectivity index (χ4v) is 9.68. The molecular weight excluding hydrogens is 746 g/mol. The largest absolute Gasteiger partial charge is 0.509 e. The average molecular weight is 798 g/mol. The molecule has 4 fully saturated rings. The van der Waals surface area contributed by atoms with Gasteiger partial charge >= 0.3 is 24.1 Å². The van der Waals surface area contributed by atoms with E-state index in [4.69, 9.17) is 28.4 Å². The van der Waals surface area contributed by atoms with E-state index in [0.29, 0.717) is 0 Å². The smallest absolute Gasteiger partial charge is 0.454 e. The molecule has 4 N–H and O–H groups in total. The van der Waals surface area contributed by atoms with Crippen LogP contribution in [0.15, 0.2) is 53.6 Å². The minimum atomic E-state index is -2.31. The van der Waals surface area contributed by atoms with Gasteiger partial charge in [-0.1, -0.05) is 65.0 Å². The number of Topliss-reactive ketones (excluding diaryl/α,β-unsaturated/α-hetero) is 1. The summed E-state index contributed by atoms with van der Waals surface area (Å²) in [6.45, 7) is 13.2. The van der Waals surface area contributed by atoms with Crippen LogP contribution in [0.1, 0.15) is 79.1 Å². The van der Waals surface area contributed by atoms with Crippen LogP contribution in [0.25, 0.3) is 0 Å². The van der Waals surface area contributed by atoms with Crippen LogP contribution in [-0.4, -0.2) is 118 Å². The van der Waals surface area contributed by atoms with Crippen molar-refractivity contribution in [3.63, 3.8) is 0 Å². The maximum Gasteiger partial charge on any atom is 0.509 e. The van der Waals surface area contributed by atoms with Crippen LogP contribution in [0.4, 0.5) is 4.79 Å². The predicted molar refractivity (Wildman–Crippen MR) is 196 cm³/mol. The van der Waals surface area contributed by atoms with E-state index in [2.05, 4.69) is 5.32 Å². The Bertz CT molecular complexity index is 1920. The molecule has 6 rings (SSSR count). The molecule has 2 saturated heterocycles. The van der Waals surface area contributed by atoms with E-state index in [-0.39, 0.29) is 29.7 Å². The molecule has 1 amide bonds. The minimum absolute atomic E-state index is 0.0432. The van der Waals surface area contributed by atoms with Gasteiger partial charge in [0.1, 0.15) is 12.2 Å². The highest BCUT2D eigenvalue weighted by atomic mass is 16.8. The molecule has 3 aliphatic carbocycles. The number of esters is 3. The fourth-order valence-electron chi connectivity index (χ4n) is 9.68. The highest BCUT2D eigenvalue weighted by Gasteiger charge is 2.83. The molecule has 2 heterocycles. The monoisotopic (exact) mass is 797 g/mol. The second kappa shape index (κ2) is 14.3. The van der Waals surface area contributed by atoms with Crippen LogP contribution < -0.4 is 5.32 Å². The van der Waals surface area contributed by atoms with E-state index >= 15 is 4.79 Å². The third-order valence-corrected chi connectivity index (χ3v) is 12.6. The van der Waals surface area contributed by atoms with Crippen LogP contribution in [0, 0.1) is 22.2 Å². The minimum Gasteiger partial charge on any atom is -0.454 e. The number of rotatable bonds is 8. The Morgan fingerprint density at radius 1 is 1.04 bits per heavy atom. The molecule has 0 radical (unpaired) electrons. The van der Waals surface area contributed by atoms with Gasteiger partial charge in [-0.15, -0.1) is 0 Å². The zero-order chi connectivity index (χ0) is 42.2. The first-order chi connectivity index (χ1) is 26.5. The Morgan fingerprint density at radius 3 is 2.25 bits per heavy atom. The van der Waals surface area contributed by atoms with Crippen molar-refractivity contribution in [1.82, 2.24) is 5.32 Å². The van der Waals surface area contributed by atoms with E-state index in [1.54, 1.807) is 45.9 Å². The van der Waals surface area contributed by atoms with Gasteiger partial charge in [-0.3, -0.25) is 14.4 Å². The first kappa shape index (κ1) is 42.0. The predicted octanol–water partition coefficient (Wildman–Crippen LogP) is 2.25. The number of aliphatic hydroxyl groups excluding tert-OH is 3. The van der Waals surface area contributed by atoms with E-state index in [1.807, 2.05) is 0 Å². The molecule has 57 heavy (non-hydrogen) atoms. The summed E-state index contributed by atoms with van der Waals surface area (Å²) in [7, 11) is 0. The summed E-state index contributed by atoms with van der Waals surface area (Å²) in [5.41, 5.74) is -8.79. The van der Waals surface area contributed by atoms with Gasteiger partial charge in [0.05, 0.1) is 35.6 Å². The van der Waals surface area contributed by atoms with Crippen molar-refractivity contribution in [2.75, 3.05) is 6.61 Å². The van der Waals surface area contributed by atoms with Gasteiger partial charge in [-0.2, -0.15) is 0 Å². The van der Waals surface area contributed by atoms with Gasteiger partial charge in [-0.05, 0) is 44.1 Å². The lowest BCUT2D eigenvalue weighted by atomic mass is 9.44. The standard InChI is InChI=1S/C41H51NO15/c1-10-14-22(42-35(50)37(4,5)6)26(45)34(49)53-28-19(2)25-27(46)30(47)39(9)23(44)17-24-40(18-52-24,56-20(3)43)29(39)32(54-33(48)21-15-12-11-13-16-21)41(38(25,7)8)31(28)55-36(51)57-41/h10-16,22-24,26-29,31-32,44-46H,17-18H2,1-9H3,(H,42,50)/b14-10+/t22-,23-,24+,26+,27+,28+,29-,31-,32-,39+,40-,41+/m0/s1. The van der Waals surface area contributed by atoms with Crippen LogP contribution in [0.5, 0.6) is 0 Å². The summed E-state index contributed by atoms with van der Waals surface area (Å²) in [4.78, 5) is 82.9. The Kier molecular flexibility index (Phi) is 10.5. The maximum absolute atomic E-state index is 15.0. The summed E-state index contributed by atoms with van der Waals surface area (Å²) in [6.07, 6.45) is -10.6. The second-order valence-electron chi connectivity index (χ2n) is 17.3. The highest BCUT2D eigenvalue weighted by molar-refractivity contribution is 5.94. The van der Waals surface area contributed by atoms with Gasteiger partial charge in [0.2, 0.25) is 11.5 Å². The number of nitrogens with one attached hydrogen (secondary N) is 1. The number of hydrogen-bond donors (Lipinski definition) is 4. The molecule has 0 unspecified atom stereocenters. The van der Waals surface area contributed by atoms with Crippen molar-refractivity contribution in [2.24, 2.45) is 22.2 Å². The SMILES string of the molecule is C/C=C/[C@H](NC(=O)C(C)(C)C)[C@@H](O)C(=O)O[C@@H]1C(C)=C2[C@@H](O)C(=O)[C@@]3(C)[C@H]([C@H](OC(=O)c4ccccc4)[C@@]4(OC(=O)O[C@@H]14)C2(C)C)[C@]1(OC(C)=O)CO[C@@H]1C[C@@H]3O. The third-order valence-electron chi connectivity index (χ3n) is 12.6. The first-order valence-electron chi connectivity index (χ1n) is 18.9. The molecule has 1 spiro atoms. The lowest BCUT2D eigenvalue weighted by Crippen LogP contribution is -2.83. The number of allylic oxidation sites excluding steroid dienone is 1. The van der Waals surface area contributed by atoms with Gasteiger partial charge in [-0.25, -0.2) is 14.4 Å². The van der Waals surface area contributed by atoms with Crippen molar-refractivity contribution in [1.29, 1.82) is 0 Å². The molecule has 1 aromatic carbocycles. The average Bonchev–Trinajstić information content (AvgIpc) is 3.50. The summed E-state index contributed by atoms with van der Waals surface area (Å²) >= 11 is 0. The number of ether oxygens (including phenoxy) is 6. The van der Waals surface area contributed by atoms with Crippen molar-refractivity contribution in [2.45, 2.75) is 129 Å². The number of fused-ring (bicyclic) bond motifs is 4. The van der Waals surface area contributed by atoms with Crippen molar-refractivity contribution >= 4 is 35.8 Å². The topological polar surface area (TPSA) is 231 Å². The second-order valence-corrected chi connectivity index (χ2v) is 17.3. The molecule has 0 aromatic heterocycles. The highest BCUT2D eigenvalue weighted by Crippen LogP contribution is 2.66. The zero-order valence-corrected chi connectivity index (χ0v) is 33.4. The van der Waals surface area contributed by atoms with Crippen LogP contribution >= 0.6 is 0 Å². The number of ketones is 1. The van der Waals surface area contributed by atoms with E-state index in [0.717, 1.165) is 6.92 Å². The summed E-state index contributed by atoms with van der Waals surface area (Å²) < 4.78 is 36.4. The zero-order valence-electron chi connectivity index (χ0n) is 33.4. The molecule has 1 aromatic rings. The molecule has 12 atom stereocenters. The maximum atomic E-state index is 15.0. The van der Waals surface area contributed by atoms with Crippen molar-refractivity contribution in [3.05, 3.63) is 59.2 Å². The normalized spacial score (nSPS) is 36.4. The van der Waals surface area contributed by atoms with Crippen molar-refractivity contribution < 1.29 is 72.5 Å². The fraction of sp³-hybridized carbons (Fsp3) is 0.610. The van der Waals surface area contributed by atoms with Crippen molar-refractivity contribution in [3.8, 4) is 0 Å². The Balaban J connectivity index is 1.59. The Morgan fingerprint density at radius 2 is 1.68 bits per heavy atom. The molecule has 2 saturated carbocycles. The molecule has 16 nitrogen and oxygen atoms in total. The lowest BCUT2D eigenvalue weighted by Gasteiger charge is -2.67. The van der Waals surface area contributed by atoms with E-state index < -0.39 is 118 Å². The summed E-state index contributed by atoms with van der Waals surface area (Å²) in [5, 5.41) is 38.2. The Labute approximate surface area is 329 Å². The number of benzene rings is 1. The van der Waals surface area contributed by atoms with Gasteiger partial charge < -0.3 is 49.1 Å². The molecule has 2 aliphatic heterocycles. The molecule has 5 aliphatic rings. The number of hydrogen-bond acceptors (Lipinski definition) is 15. The number of carbonyl (C=O) groups excluding carboxylic acids is 6. The van der Waals surface area contributed by atoms with Gasteiger partial charge in [0.15, 0.2) is 35.8 Å². The lowest BCUT2D eigenvalue weighted by molar-refractivity contribution is -0.345. The van der Waals surface area contributed by atoms with E-state index in [1.165, 1.54) is 52.0 Å². The van der Waals surface area contributed by atoms with Crippen LogP contribution in [0.3, 0.4) is 0 Å². The number of carbonyl (C=O) groups is 6. The molecule has 16 heteroatoms.